The van der Waals surface area contributed by atoms with Crippen molar-refractivity contribution < 1.29 is 19.0 Å². The van der Waals surface area contributed by atoms with Crippen molar-refractivity contribution in [3.8, 4) is 17.2 Å². The first kappa shape index (κ1) is 19.6. The first-order valence-electron chi connectivity index (χ1n) is 9.68. The van der Waals surface area contributed by atoms with Gasteiger partial charge in [-0.05, 0) is 34.9 Å². The van der Waals surface area contributed by atoms with Gasteiger partial charge in [0, 0.05) is 31.6 Å². The van der Waals surface area contributed by atoms with Crippen molar-refractivity contribution in [2.75, 3.05) is 20.3 Å². The Labute approximate surface area is 174 Å². The molecule has 0 fully saturated rings. The maximum absolute atomic E-state index is 12.3. The number of carbonyl (C=O) groups excluding carboxylic acids is 1. The fourth-order valence-corrected chi connectivity index (χ4v) is 3.24. The van der Waals surface area contributed by atoms with Crippen LogP contribution in [0.5, 0.6) is 17.2 Å². The van der Waals surface area contributed by atoms with Crippen molar-refractivity contribution >= 4 is 12.0 Å². The molecule has 0 bridgehead atoms. The predicted octanol–water partition coefficient (Wildman–Crippen LogP) is 3.04. The van der Waals surface area contributed by atoms with Gasteiger partial charge >= 0.3 is 0 Å². The summed E-state index contributed by atoms with van der Waals surface area (Å²) in [6.07, 6.45) is 8.69. The highest BCUT2D eigenvalue weighted by atomic mass is 16.6. The van der Waals surface area contributed by atoms with E-state index in [-0.39, 0.29) is 5.91 Å². The number of hydrogen-bond acceptors (Lipinski definition) is 5. The average Bonchev–Trinajstić information content (AvgIpc) is 3.29. The second-order valence-corrected chi connectivity index (χ2v) is 6.85. The van der Waals surface area contributed by atoms with Crippen LogP contribution in [0.15, 0.2) is 61.2 Å². The molecule has 3 aromatic rings. The number of methoxy groups -OCH3 is 1. The molecule has 1 N–H and O–H groups in total. The topological polar surface area (TPSA) is 74.6 Å². The van der Waals surface area contributed by atoms with Gasteiger partial charge in [-0.25, -0.2) is 4.98 Å². The fraction of sp³-hybridized carbons (Fsp3) is 0.217. The lowest BCUT2D eigenvalue weighted by molar-refractivity contribution is -0.116. The maximum Gasteiger partial charge on any atom is 0.244 e. The van der Waals surface area contributed by atoms with Gasteiger partial charge in [0.25, 0.3) is 0 Å². The van der Waals surface area contributed by atoms with Crippen molar-refractivity contribution in [3.63, 3.8) is 0 Å². The number of fused-ring (bicyclic) bond motifs is 1. The van der Waals surface area contributed by atoms with Gasteiger partial charge in [0.05, 0.1) is 13.4 Å². The standard InChI is InChI=1S/C23H23N3O4/c1-28-20-12-17(13-21-23(20)30-10-9-29-21)5-6-22(27)25-14-18-3-2-4-19(11-18)15-26-8-7-24-16-26/h2-8,11-13,16H,9-10,14-15H2,1H3,(H,25,27). The lowest BCUT2D eigenvalue weighted by Crippen LogP contribution is -2.20. The summed E-state index contributed by atoms with van der Waals surface area (Å²) in [5.74, 6) is 1.63. The van der Waals surface area contributed by atoms with E-state index in [1.54, 1.807) is 25.7 Å². The molecule has 2 aromatic carbocycles. The van der Waals surface area contributed by atoms with Crippen molar-refractivity contribution in [2.45, 2.75) is 13.1 Å². The first-order chi connectivity index (χ1) is 14.7. The van der Waals surface area contributed by atoms with E-state index >= 15 is 0 Å². The van der Waals surface area contributed by atoms with Gasteiger partial charge in [0.2, 0.25) is 11.7 Å². The summed E-state index contributed by atoms with van der Waals surface area (Å²) in [5, 5.41) is 2.91. The molecule has 2 heterocycles. The van der Waals surface area contributed by atoms with Crippen molar-refractivity contribution in [3.05, 3.63) is 77.9 Å². The molecular formula is C23H23N3O4. The van der Waals surface area contributed by atoms with E-state index < -0.39 is 0 Å². The third-order valence-electron chi connectivity index (χ3n) is 4.66. The van der Waals surface area contributed by atoms with Crippen LogP contribution < -0.4 is 19.5 Å². The molecule has 0 saturated carbocycles. The van der Waals surface area contributed by atoms with Gasteiger partial charge in [-0.15, -0.1) is 0 Å². The number of rotatable bonds is 7. The number of nitrogens with one attached hydrogen (secondary N) is 1. The number of amides is 1. The molecule has 7 nitrogen and oxygen atoms in total. The number of hydrogen-bond donors (Lipinski definition) is 1. The van der Waals surface area contributed by atoms with Gasteiger partial charge in [-0.3, -0.25) is 4.79 Å². The fourth-order valence-electron chi connectivity index (χ4n) is 3.24. The summed E-state index contributed by atoms with van der Waals surface area (Å²) in [4.78, 5) is 16.3. The van der Waals surface area contributed by atoms with Crippen LogP contribution in [0.4, 0.5) is 0 Å². The monoisotopic (exact) mass is 405 g/mol. The molecule has 154 valence electrons. The Morgan fingerprint density at radius 2 is 2.10 bits per heavy atom. The summed E-state index contributed by atoms with van der Waals surface area (Å²) < 4.78 is 18.6. The van der Waals surface area contributed by atoms with E-state index in [9.17, 15) is 4.79 Å². The number of aromatic nitrogens is 2. The van der Waals surface area contributed by atoms with Crippen LogP contribution in [-0.4, -0.2) is 35.8 Å². The van der Waals surface area contributed by atoms with Crippen LogP contribution in [0.2, 0.25) is 0 Å². The molecule has 1 amide bonds. The zero-order valence-electron chi connectivity index (χ0n) is 16.7. The molecule has 0 saturated heterocycles. The molecule has 30 heavy (non-hydrogen) atoms. The van der Waals surface area contributed by atoms with Crippen LogP contribution in [0.1, 0.15) is 16.7 Å². The molecule has 1 aromatic heterocycles. The van der Waals surface area contributed by atoms with Gasteiger partial charge in [-0.1, -0.05) is 24.3 Å². The molecule has 0 aliphatic carbocycles. The number of benzene rings is 2. The highest BCUT2D eigenvalue weighted by Gasteiger charge is 2.17. The smallest absolute Gasteiger partial charge is 0.244 e. The predicted molar refractivity (Wildman–Crippen MR) is 113 cm³/mol. The van der Waals surface area contributed by atoms with E-state index in [4.69, 9.17) is 14.2 Å². The van der Waals surface area contributed by atoms with E-state index in [0.717, 1.165) is 23.2 Å². The second-order valence-electron chi connectivity index (χ2n) is 6.85. The van der Waals surface area contributed by atoms with Crippen LogP contribution in [0.3, 0.4) is 0 Å². The Morgan fingerprint density at radius 1 is 1.23 bits per heavy atom. The first-order valence-corrected chi connectivity index (χ1v) is 9.68. The summed E-state index contributed by atoms with van der Waals surface area (Å²) in [5.41, 5.74) is 2.99. The minimum atomic E-state index is -0.177. The van der Waals surface area contributed by atoms with Gasteiger partial charge in [0.1, 0.15) is 13.2 Å². The van der Waals surface area contributed by atoms with E-state index in [2.05, 4.69) is 22.4 Å². The third kappa shape index (κ3) is 4.81. The van der Waals surface area contributed by atoms with Crippen molar-refractivity contribution in [2.24, 2.45) is 0 Å². The molecular weight excluding hydrogens is 382 g/mol. The van der Waals surface area contributed by atoms with Crippen LogP contribution in [0, 0.1) is 0 Å². The van der Waals surface area contributed by atoms with E-state index in [0.29, 0.717) is 37.0 Å². The molecule has 1 aliphatic heterocycles. The van der Waals surface area contributed by atoms with Crippen LogP contribution in [-0.2, 0) is 17.9 Å². The molecule has 4 rings (SSSR count). The van der Waals surface area contributed by atoms with Gasteiger partial charge in [-0.2, -0.15) is 0 Å². The summed E-state index contributed by atoms with van der Waals surface area (Å²) in [6.45, 7) is 2.17. The Balaban J connectivity index is 1.36. The molecule has 0 atom stereocenters. The molecule has 7 heteroatoms. The minimum Gasteiger partial charge on any atom is -0.493 e. The third-order valence-corrected chi connectivity index (χ3v) is 4.66. The summed E-state index contributed by atoms with van der Waals surface area (Å²) in [7, 11) is 1.58. The molecule has 0 radical (unpaired) electrons. The SMILES string of the molecule is COc1cc(C=CC(=O)NCc2cccc(Cn3ccnc3)c2)cc2c1OCCO2. The summed E-state index contributed by atoms with van der Waals surface area (Å²) in [6, 6.07) is 11.8. The Morgan fingerprint density at radius 3 is 2.93 bits per heavy atom. The van der Waals surface area contributed by atoms with Crippen LogP contribution in [0.25, 0.3) is 6.08 Å². The Bertz CT molecular complexity index is 1030. The lowest BCUT2D eigenvalue weighted by Gasteiger charge is -2.20. The second kappa shape index (κ2) is 9.17. The highest BCUT2D eigenvalue weighted by Crippen LogP contribution is 2.40. The molecule has 0 unspecified atom stereocenters. The van der Waals surface area contributed by atoms with Crippen LogP contribution >= 0.6 is 0 Å². The van der Waals surface area contributed by atoms with E-state index in [1.807, 2.05) is 35.0 Å². The number of imidazole rings is 1. The van der Waals surface area contributed by atoms with Gasteiger partial charge in [0.15, 0.2) is 11.5 Å². The number of nitrogens with zero attached hydrogens (tertiary/aromatic N) is 2. The van der Waals surface area contributed by atoms with Gasteiger partial charge < -0.3 is 24.1 Å². The largest absolute Gasteiger partial charge is 0.493 e. The minimum absolute atomic E-state index is 0.177. The zero-order valence-corrected chi connectivity index (χ0v) is 16.7. The molecule has 1 aliphatic rings. The van der Waals surface area contributed by atoms with E-state index in [1.165, 1.54) is 6.08 Å². The quantitative estimate of drug-likeness (QED) is 0.612. The average molecular weight is 405 g/mol. The Hall–Kier alpha value is -3.74. The molecule has 0 spiro atoms. The van der Waals surface area contributed by atoms with Crippen molar-refractivity contribution in [1.29, 1.82) is 0 Å². The zero-order chi connectivity index (χ0) is 20.8. The summed E-state index contributed by atoms with van der Waals surface area (Å²) >= 11 is 0. The maximum atomic E-state index is 12.3. The normalized spacial score (nSPS) is 12.7. The van der Waals surface area contributed by atoms with Crippen molar-refractivity contribution in [1.82, 2.24) is 14.9 Å². The number of carbonyl (C=O) groups is 1. The Kier molecular flexibility index (Phi) is 5.98. The number of ether oxygens (including phenoxy) is 3. The highest BCUT2D eigenvalue weighted by molar-refractivity contribution is 5.91. The lowest BCUT2D eigenvalue weighted by atomic mass is 10.1.